The van der Waals surface area contributed by atoms with Crippen LogP contribution in [0, 0.1) is 10.1 Å². The predicted octanol–water partition coefficient (Wildman–Crippen LogP) is 2.53. The fourth-order valence-electron chi connectivity index (χ4n) is 1.16. The fourth-order valence-corrected chi connectivity index (χ4v) is 1.16. The van der Waals surface area contributed by atoms with Gasteiger partial charge in [-0.2, -0.15) is 13.2 Å². The van der Waals surface area contributed by atoms with E-state index in [1.165, 1.54) is 0 Å². The van der Waals surface area contributed by atoms with Gasteiger partial charge < -0.3 is 5.32 Å². The zero-order valence-electron chi connectivity index (χ0n) is 9.28. The van der Waals surface area contributed by atoms with Gasteiger partial charge >= 0.3 is 11.9 Å². The minimum absolute atomic E-state index is 0.0173. The molecule has 0 spiro atoms. The van der Waals surface area contributed by atoms with Crippen LogP contribution in [0.4, 0.5) is 24.8 Å². The molecule has 6 nitrogen and oxygen atoms in total. The number of unbranched alkanes of at least 4 members (excludes halogenated alkanes) is 1. The summed E-state index contributed by atoms with van der Waals surface area (Å²) in [5.74, 6) is 0.160. The van der Waals surface area contributed by atoms with Crippen molar-refractivity contribution in [2.45, 2.75) is 25.4 Å². The van der Waals surface area contributed by atoms with Gasteiger partial charge in [-0.05, 0) is 12.8 Å². The third-order valence-electron chi connectivity index (χ3n) is 2.02. The molecular formula is C9H11F3N4O2. The highest BCUT2D eigenvalue weighted by atomic mass is 19.4. The van der Waals surface area contributed by atoms with E-state index in [9.17, 15) is 23.3 Å². The summed E-state index contributed by atoms with van der Waals surface area (Å²) in [5, 5.41) is 13.0. The van der Waals surface area contributed by atoms with Gasteiger partial charge in [0.1, 0.15) is 12.4 Å². The quantitative estimate of drug-likeness (QED) is 0.485. The number of nitrogens with one attached hydrogen (secondary N) is 1. The number of rotatable bonds is 6. The first kappa shape index (κ1) is 14.1. The summed E-state index contributed by atoms with van der Waals surface area (Å²) in [6.07, 6.45) is -2.56. The second-order valence-corrected chi connectivity index (χ2v) is 3.52. The Bertz CT molecular complexity index is 394. The molecule has 1 rings (SSSR count). The highest BCUT2D eigenvalue weighted by Gasteiger charge is 2.25. The van der Waals surface area contributed by atoms with Crippen molar-refractivity contribution < 1.29 is 18.1 Å². The summed E-state index contributed by atoms with van der Waals surface area (Å²) in [6.45, 7) is 0.286. The number of aromatic nitrogens is 2. The Kier molecular flexibility index (Phi) is 4.81. The van der Waals surface area contributed by atoms with Gasteiger partial charge in [-0.15, -0.1) is 0 Å². The Morgan fingerprint density at radius 3 is 2.39 bits per heavy atom. The molecular weight excluding hydrogens is 253 g/mol. The number of nitrogens with zero attached hydrogens (tertiary/aromatic N) is 3. The van der Waals surface area contributed by atoms with Gasteiger partial charge in [0.15, 0.2) is 0 Å². The van der Waals surface area contributed by atoms with Crippen LogP contribution < -0.4 is 5.32 Å². The molecule has 0 aromatic carbocycles. The van der Waals surface area contributed by atoms with Gasteiger partial charge in [-0.25, -0.2) is 9.97 Å². The number of nitro groups is 1. The summed E-state index contributed by atoms with van der Waals surface area (Å²) < 4.78 is 35.5. The molecule has 1 aromatic rings. The molecule has 0 fully saturated rings. The van der Waals surface area contributed by atoms with E-state index in [0.717, 1.165) is 12.4 Å². The Balaban J connectivity index is 2.25. The fraction of sp³-hybridized carbons (Fsp3) is 0.556. The Morgan fingerprint density at radius 2 is 1.89 bits per heavy atom. The van der Waals surface area contributed by atoms with Crippen LogP contribution in [0.3, 0.4) is 0 Å². The number of hydrogen-bond acceptors (Lipinski definition) is 5. The topological polar surface area (TPSA) is 81.0 Å². The normalized spacial score (nSPS) is 11.3. The first-order valence-electron chi connectivity index (χ1n) is 5.15. The van der Waals surface area contributed by atoms with Crippen molar-refractivity contribution in [1.29, 1.82) is 0 Å². The maximum Gasteiger partial charge on any atom is 0.389 e. The van der Waals surface area contributed by atoms with Crippen molar-refractivity contribution in [3.63, 3.8) is 0 Å². The molecule has 1 aromatic heterocycles. The maximum absolute atomic E-state index is 11.8. The predicted molar refractivity (Wildman–Crippen MR) is 57.1 cm³/mol. The van der Waals surface area contributed by atoms with Crippen molar-refractivity contribution in [3.05, 3.63) is 22.5 Å². The van der Waals surface area contributed by atoms with E-state index in [2.05, 4.69) is 15.3 Å². The van der Waals surface area contributed by atoms with Gasteiger partial charge in [0, 0.05) is 13.0 Å². The SMILES string of the molecule is O=[N+]([O-])c1cnc(NCCCCC(F)(F)F)nc1. The summed E-state index contributed by atoms with van der Waals surface area (Å²) in [4.78, 5) is 17.0. The van der Waals surface area contributed by atoms with Crippen LogP contribution in [0.1, 0.15) is 19.3 Å². The lowest BCUT2D eigenvalue weighted by Crippen LogP contribution is -2.09. The van der Waals surface area contributed by atoms with Gasteiger partial charge in [-0.1, -0.05) is 0 Å². The minimum atomic E-state index is -4.14. The number of hydrogen-bond donors (Lipinski definition) is 1. The average molecular weight is 264 g/mol. The Labute approximate surface area is 100 Å². The summed E-state index contributed by atoms with van der Waals surface area (Å²) in [7, 11) is 0. The third kappa shape index (κ3) is 5.41. The molecule has 100 valence electrons. The van der Waals surface area contributed by atoms with Crippen LogP contribution in [0.15, 0.2) is 12.4 Å². The van der Waals surface area contributed by atoms with Gasteiger partial charge in [0.05, 0.1) is 4.92 Å². The molecule has 0 radical (unpaired) electrons. The van der Waals surface area contributed by atoms with E-state index in [1.807, 2.05) is 0 Å². The van der Waals surface area contributed by atoms with Crippen LogP contribution >= 0.6 is 0 Å². The maximum atomic E-state index is 11.8. The highest BCUT2D eigenvalue weighted by Crippen LogP contribution is 2.22. The minimum Gasteiger partial charge on any atom is -0.354 e. The van der Waals surface area contributed by atoms with Crippen molar-refractivity contribution in [2.24, 2.45) is 0 Å². The third-order valence-corrected chi connectivity index (χ3v) is 2.02. The lowest BCUT2D eigenvalue weighted by molar-refractivity contribution is -0.385. The Morgan fingerprint density at radius 1 is 1.28 bits per heavy atom. The highest BCUT2D eigenvalue weighted by molar-refractivity contribution is 5.30. The van der Waals surface area contributed by atoms with Crippen LogP contribution in [-0.4, -0.2) is 27.6 Å². The van der Waals surface area contributed by atoms with Crippen molar-refractivity contribution in [1.82, 2.24) is 9.97 Å². The van der Waals surface area contributed by atoms with Crippen molar-refractivity contribution in [2.75, 3.05) is 11.9 Å². The average Bonchev–Trinajstić information content (AvgIpc) is 2.27. The van der Waals surface area contributed by atoms with Gasteiger partial charge in [-0.3, -0.25) is 10.1 Å². The van der Waals surface area contributed by atoms with Gasteiger partial charge in [0.2, 0.25) is 5.95 Å². The van der Waals surface area contributed by atoms with E-state index in [1.54, 1.807) is 0 Å². The van der Waals surface area contributed by atoms with Crippen LogP contribution in [0.5, 0.6) is 0 Å². The zero-order chi connectivity index (χ0) is 13.6. The second-order valence-electron chi connectivity index (χ2n) is 3.52. The zero-order valence-corrected chi connectivity index (χ0v) is 9.28. The van der Waals surface area contributed by atoms with E-state index in [0.29, 0.717) is 6.42 Å². The molecule has 0 amide bonds. The second kappa shape index (κ2) is 6.12. The van der Waals surface area contributed by atoms with Crippen LogP contribution in [0.2, 0.25) is 0 Å². The molecule has 9 heteroatoms. The monoisotopic (exact) mass is 264 g/mol. The van der Waals surface area contributed by atoms with Crippen molar-refractivity contribution in [3.8, 4) is 0 Å². The van der Waals surface area contributed by atoms with Gasteiger partial charge in [0.25, 0.3) is 0 Å². The number of alkyl halides is 3. The molecule has 0 saturated heterocycles. The lowest BCUT2D eigenvalue weighted by Gasteiger charge is -2.06. The Hall–Kier alpha value is -1.93. The lowest BCUT2D eigenvalue weighted by atomic mass is 10.2. The molecule has 0 aliphatic rings. The van der Waals surface area contributed by atoms with E-state index >= 15 is 0 Å². The molecule has 1 heterocycles. The van der Waals surface area contributed by atoms with E-state index in [-0.39, 0.29) is 24.6 Å². The molecule has 0 saturated carbocycles. The van der Waals surface area contributed by atoms with Crippen LogP contribution in [0.25, 0.3) is 0 Å². The van der Waals surface area contributed by atoms with Crippen molar-refractivity contribution >= 4 is 11.6 Å². The van der Waals surface area contributed by atoms with E-state index in [4.69, 9.17) is 0 Å². The first-order valence-corrected chi connectivity index (χ1v) is 5.15. The molecule has 18 heavy (non-hydrogen) atoms. The number of halogens is 3. The summed E-state index contributed by atoms with van der Waals surface area (Å²) in [6, 6.07) is 0. The van der Waals surface area contributed by atoms with E-state index < -0.39 is 17.5 Å². The molecule has 0 aliphatic heterocycles. The smallest absolute Gasteiger partial charge is 0.354 e. The summed E-state index contributed by atoms with van der Waals surface area (Å²) in [5.41, 5.74) is -0.238. The largest absolute Gasteiger partial charge is 0.389 e. The number of anilines is 1. The standard InChI is InChI=1S/C9H11F3N4O2/c10-9(11,12)3-1-2-4-13-8-14-5-7(6-15-8)16(17)18/h5-6H,1-4H2,(H,13,14,15). The molecule has 0 atom stereocenters. The molecule has 0 aliphatic carbocycles. The first-order chi connectivity index (χ1) is 8.38. The molecule has 0 bridgehead atoms. The molecule has 1 N–H and O–H groups in total. The molecule has 0 unspecified atom stereocenters. The van der Waals surface area contributed by atoms with Crippen LogP contribution in [-0.2, 0) is 0 Å². The summed E-state index contributed by atoms with van der Waals surface area (Å²) >= 11 is 0.